The van der Waals surface area contributed by atoms with Crippen molar-refractivity contribution in [2.24, 2.45) is 7.05 Å². The molecule has 0 aliphatic carbocycles. The van der Waals surface area contributed by atoms with E-state index in [9.17, 15) is 0 Å². The van der Waals surface area contributed by atoms with Gasteiger partial charge in [-0.25, -0.2) is 4.98 Å². The van der Waals surface area contributed by atoms with Gasteiger partial charge in [0.05, 0.1) is 35.3 Å². The minimum Gasteiger partial charge on any atom is -0.496 e. The molecular formula is C16H12ClN3O. The number of benzene rings is 2. The fourth-order valence-electron chi connectivity index (χ4n) is 2.35. The van der Waals surface area contributed by atoms with Crippen molar-refractivity contribution in [3.05, 3.63) is 47.0 Å². The van der Waals surface area contributed by atoms with Gasteiger partial charge in [-0.15, -0.1) is 0 Å². The molecule has 0 N–H and O–H groups in total. The molecule has 0 aliphatic rings. The Hall–Kier alpha value is -2.51. The molecule has 3 rings (SSSR count). The van der Waals surface area contributed by atoms with Gasteiger partial charge in [-0.05, 0) is 36.4 Å². The Morgan fingerprint density at radius 1 is 1.24 bits per heavy atom. The van der Waals surface area contributed by atoms with Crippen LogP contribution in [0.3, 0.4) is 0 Å². The van der Waals surface area contributed by atoms with Crippen molar-refractivity contribution in [3.63, 3.8) is 0 Å². The molecule has 3 aromatic rings. The standard InChI is InChI=1S/C16H12ClN3O/c1-20-14-7-10(9-18)3-6-13(14)19-16(20)12-5-4-11(17)8-15(12)21-2/h3-8H,1-2H3. The summed E-state index contributed by atoms with van der Waals surface area (Å²) in [6.45, 7) is 0. The number of hydrogen-bond donors (Lipinski definition) is 0. The number of imidazole rings is 1. The van der Waals surface area contributed by atoms with Crippen molar-refractivity contribution in [2.75, 3.05) is 7.11 Å². The largest absolute Gasteiger partial charge is 0.496 e. The van der Waals surface area contributed by atoms with Crippen LogP contribution in [0.5, 0.6) is 5.75 Å². The lowest BCUT2D eigenvalue weighted by atomic mass is 10.2. The number of halogens is 1. The predicted molar refractivity (Wildman–Crippen MR) is 82.4 cm³/mol. The summed E-state index contributed by atoms with van der Waals surface area (Å²) in [5.74, 6) is 1.44. The lowest BCUT2D eigenvalue weighted by molar-refractivity contribution is 0.416. The van der Waals surface area contributed by atoms with Crippen LogP contribution in [0.15, 0.2) is 36.4 Å². The van der Waals surface area contributed by atoms with Crippen molar-refractivity contribution in [1.29, 1.82) is 5.26 Å². The summed E-state index contributed by atoms with van der Waals surface area (Å²) in [7, 11) is 3.52. The molecule has 4 nitrogen and oxygen atoms in total. The summed E-state index contributed by atoms with van der Waals surface area (Å²) in [6.07, 6.45) is 0. The Morgan fingerprint density at radius 2 is 2.05 bits per heavy atom. The molecule has 1 aromatic heterocycles. The van der Waals surface area contributed by atoms with Gasteiger partial charge in [-0.3, -0.25) is 0 Å². The molecule has 2 aromatic carbocycles. The molecule has 0 spiro atoms. The van der Waals surface area contributed by atoms with E-state index in [2.05, 4.69) is 11.1 Å². The van der Waals surface area contributed by atoms with Crippen molar-refractivity contribution in [1.82, 2.24) is 9.55 Å². The summed E-state index contributed by atoms with van der Waals surface area (Å²) in [6, 6.07) is 13.0. The molecule has 0 saturated carbocycles. The molecule has 0 saturated heterocycles. The van der Waals surface area contributed by atoms with Crippen molar-refractivity contribution >= 4 is 22.6 Å². The quantitative estimate of drug-likeness (QED) is 0.723. The van der Waals surface area contributed by atoms with Gasteiger partial charge in [0.2, 0.25) is 0 Å². The molecule has 0 bridgehead atoms. The third kappa shape index (κ3) is 2.22. The number of methoxy groups -OCH3 is 1. The summed E-state index contributed by atoms with van der Waals surface area (Å²) in [5.41, 5.74) is 3.21. The molecule has 5 heteroatoms. The summed E-state index contributed by atoms with van der Waals surface area (Å²) < 4.78 is 7.33. The molecule has 104 valence electrons. The van der Waals surface area contributed by atoms with Gasteiger partial charge in [-0.1, -0.05) is 11.6 Å². The molecule has 0 aliphatic heterocycles. The number of aromatic nitrogens is 2. The van der Waals surface area contributed by atoms with Gasteiger partial charge < -0.3 is 9.30 Å². The maximum absolute atomic E-state index is 9.01. The van der Waals surface area contributed by atoms with E-state index in [1.165, 1.54) is 0 Å². The molecule has 0 amide bonds. The number of nitrogens with zero attached hydrogens (tertiary/aromatic N) is 3. The molecule has 0 fully saturated rings. The first-order valence-corrected chi connectivity index (χ1v) is 6.72. The van der Waals surface area contributed by atoms with Gasteiger partial charge in [0.15, 0.2) is 0 Å². The van der Waals surface area contributed by atoms with Gasteiger partial charge in [-0.2, -0.15) is 5.26 Å². The second-order valence-corrected chi connectivity index (χ2v) is 5.09. The van der Waals surface area contributed by atoms with Crippen molar-refractivity contribution < 1.29 is 4.74 Å². The zero-order chi connectivity index (χ0) is 15.0. The van der Waals surface area contributed by atoms with Gasteiger partial charge in [0, 0.05) is 12.1 Å². The number of fused-ring (bicyclic) bond motifs is 1. The van der Waals surface area contributed by atoms with E-state index in [0.29, 0.717) is 16.3 Å². The van der Waals surface area contributed by atoms with E-state index in [1.807, 2.05) is 29.8 Å². The minimum absolute atomic E-state index is 0.611. The Bertz CT molecular complexity index is 877. The monoisotopic (exact) mass is 297 g/mol. The first kappa shape index (κ1) is 13.5. The molecule has 0 unspecified atom stereocenters. The maximum atomic E-state index is 9.01. The summed E-state index contributed by atoms with van der Waals surface area (Å²) in [5, 5.41) is 9.62. The van der Waals surface area contributed by atoms with Crippen LogP contribution in [0, 0.1) is 11.3 Å². The molecule has 0 atom stereocenters. The highest BCUT2D eigenvalue weighted by molar-refractivity contribution is 6.30. The van der Waals surface area contributed by atoms with Gasteiger partial charge in [0.25, 0.3) is 0 Å². The van der Waals surface area contributed by atoms with Crippen LogP contribution < -0.4 is 4.74 Å². The van der Waals surface area contributed by atoms with Crippen molar-refractivity contribution in [3.8, 4) is 23.2 Å². The van der Waals surface area contributed by atoms with Crippen LogP contribution in [0.25, 0.3) is 22.4 Å². The number of rotatable bonds is 2. The minimum atomic E-state index is 0.611. The first-order valence-electron chi connectivity index (χ1n) is 6.34. The zero-order valence-electron chi connectivity index (χ0n) is 11.6. The number of hydrogen-bond acceptors (Lipinski definition) is 3. The number of aryl methyl sites for hydroxylation is 1. The van der Waals surface area contributed by atoms with Crippen LogP contribution in [-0.2, 0) is 7.05 Å². The van der Waals surface area contributed by atoms with E-state index in [1.54, 1.807) is 25.3 Å². The number of ether oxygens (including phenoxy) is 1. The first-order chi connectivity index (χ1) is 10.1. The van der Waals surface area contributed by atoms with Crippen LogP contribution in [0.4, 0.5) is 0 Å². The van der Waals surface area contributed by atoms with Crippen LogP contribution in [0.2, 0.25) is 5.02 Å². The Labute approximate surface area is 127 Å². The molecule has 21 heavy (non-hydrogen) atoms. The zero-order valence-corrected chi connectivity index (χ0v) is 12.3. The van der Waals surface area contributed by atoms with E-state index < -0.39 is 0 Å². The SMILES string of the molecule is COc1cc(Cl)ccc1-c1nc2ccc(C#N)cc2n1C. The van der Waals surface area contributed by atoms with E-state index >= 15 is 0 Å². The molecule has 1 heterocycles. The normalized spacial score (nSPS) is 10.6. The van der Waals surface area contributed by atoms with Crippen molar-refractivity contribution in [2.45, 2.75) is 0 Å². The predicted octanol–water partition coefficient (Wildman–Crippen LogP) is 3.77. The smallest absolute Gasteiger partial charge is 0.144 e. The second-order valence-electron chi connectivity index (χ2n) is 4.65. The van der Waals surface area contributed by atoms with E-state index in [-0.39, 0.29) is 0 Å². The Morgan fingerprint density at radius 3 is 2.76 bits per heavy atom. The lowest BCUT2D eigenvalue weighted by Crippen LogP contribution is -1.95. The number of nitriles is 1. The lowest BCUT2D eigenvalue weighted by Gasteiger charge is -2.08. The summed E-state index contributed by atoms with van der Waals surface area (Å²) in [4.78, 5) is 4.63. The third-order valence-electron chi connectivity index (χ3n) is 3.41. The van der Waals surface area contributed by atoms with Gasteiger partial charge >= 0.3 is 0 Å². The van der Waals surface area contributed by atoms with E-state index in [0.717, 1.165) is 22.4 Å². The fraction of sp³-hybridized carbons (Fsp3) is 0.125. The fourth-order valence-corrected chi connectivity index (χ4v) is 2.51. The van der Waals surface area contributed by atoms with E-state index in [4.69, 9.17) is 21.6 Å². The third-order valence-corrected chi connectivity index (χ3v) is 3.65. The Kier molecular flexibility index (Phi) is 3.28. The highest BCUT2D eigenvalue weighted by atomic mass is 35.5. The second kappa shape index (κ2) is 5.12. The topological polar surface area (TPSA) is 50.8 Å². The maximum Gasteiger partial charge on any atom is 0.144 e. The highest BCUT2D eigenvalue weighted by Gasteiger charge is 2.14. The highest BCUT2D eigenvalue weighted by Crippen LogP contribution is 2.33. The Balaban J connectivity index is 2.26. The van der Waals surface area contributed by atoms with Crippen LogP contribution in [-0.4, -0.2) is 16.7 Å². The average molecular weight is 298 g/mol. The van der Waals surface area contributed by atoms with Gasteiger partial charge in [0.1, 0.15) is 11.6 Å². The summed E-state index contributed by atoms with van der Waals surface area (Å²) >= 11 is 6.00. The van der Waals surface area contributed by atoms with Crippen LogP contribution in [0.1, 0.15) is 5.56 Å². The molecular weight excluding hydrogens is 286 g/mol. The molecule has 0 radical (unpaired) electrons. The average Bonchev–Trinajstić information content (AvgIpc) is 2.83. The van der Waals surface area contributed by atoms with Crippen LogP contribution >= 0.6 is 11.6 Å².